The summed E-state index contributed by atoms with van der Waals surface area (Å²) < 4.78 is 28.4. The third-order valence-electron chi connectivity index (χ3n) is 7.32. The summed E-state index contributed by atoms with van der Waals surface area (Å²) in [6, 6.07) is 17.0. The average Bonchev–Trinajstić information content (AvgIpc) is 2.85. The van der Waals surface area contributed by atoms with Crippen molar-refractivity contribution < 1.29 is 13.2 Å². The second-order valence-corrected chi connectivity index (χ2v) is 11.6. The summed E-state index contributed by atoms with van der Waals surface area (Å²) in [6.45, 7) is 3.64. The molecule has 3 atom stereocenters. The molecule has 1 heterocycles. The van der Waals surface area contributed by atoms with Crippen LogP contribution < -0.4 is 15.4 Å². The predicted octanol–water partition coefficient (Wildman–Crippen LogP) is 3.73. The summed E-state index contributed by atoms with van der Waals surface area (Å²) in [5.74, 6) is 0.651. The van der Waals surface area contributed by atoms with Gasteiger partial charge in [-0.2, -0.15) is 0 Å². The quantitative estimate of drug-likeness (QED) is 0.534. The van der Waals surface area contributed by atoms with Crippen molar-refractivity contribution in [2.45, 2.75) is 62.3 Å². The van der Waals surface area contributed by atoms with E-state index in [9.17, 15) is 13.2 Å². The van der Waals surface area contributed by atoms with Gasteiger partial charge in [0.2, 0.25) is 15.9 Å². The number of hydrogen-bond acceptors (Lipinski definition) is 4. The normalized spacial score (nSPS) is 22.7. The SMILES string of the molecule is Cc1ccc(S(=O)(=O)N[C@@H]2CNC[C@@H](C(=O)NCC(c3ccccc3)C3CCCCC3)C2)cc1. The van der Waals surface area contributed by atoms with Gasteiger partial charge >= 0.3 is 0 Å². The number of carbonyl (C=O) groups excluding carboxylic acids is 1. The lowest BCUT2D eigenvalue weighted by atomic mass is 9.76. The fourth-order valence-corrected chi connectivity index (χ4v) is 6.63. The lowest BCUT2D eigenvalue weighted by molar-refractivity contribution is -0.125. The largest absolute Gasteiger partial charge is 0.355 e. The van der Waals surface area contributed by atoms with Crippen LogP contribution in [0.5, 0.6) is 0 Å². The maximum absolute atomic E-state index is 13.1. The zero-order valence-corrected chi connectivity index (χ0v) is 20.8. The second-order valence-electron chi connectivity index (χ2n) is 9.88. The first-order valence-electron chi connectivity index (χ1n) is 12.5. The molecule has 1 saturated carbocycles. The molecule has 4 rings (SSSR count). The Balaban J connectivity index is 1.36. The Morgan fingerprint density at radius 3 is 2.41 bits per heavy atom. The smallest absolute Gasteiger partial charge is 0.240 e. The van der Waals surface area contributed by atoms with E-state index in [0.29, 0.717) is 37.9 Å². The number of sulfonamides is 1. The number of piperidine rings is 1. The van der Waals surface area contributed by atoms with E-state index < -0.39 is 10.0 Å². The molecule has 2 aromatic rings. The molecule has 2 aromatic carbocycles. The van der Waals surface area contributed by atoms with E-state index in [0.717, 1.165) is 5.56 Å². The summed E-state index contributed by atoms with van der Waals surface area (Å²) in [6.07, 6.45) is 6.74. The first kappa shape index (κ1) is 24.9. The highest BCUT2D eigenvalue weighted by Crippen LogP contribution is 2.35. The lowest BCUT2D eigenvalue weighted by Crippen LogP contribution is -2.52. The first-order chi connectivity index (χ1) is 16.4. The molecule has 1 aliphatic heterocycles. The van der Waals surface area contributed by atoms with Crippen molar-refractivity contribution >= 4 is 15.9 Å². The van der Waals surface area contributed by atoms with Crippen molar-refractivity contribution in [2.75, 3.05) is 19.6 Å². The number of nitrogens with one attached hydrogen (secondary N) is 3. The zero-order chi connectivity index (χ0) is 24.0. The van der Waals surface area contributed by atoms with Crippen molar-refractivity contribution in [2.24, 2.45) is 11.8 Å². The summed E-state index contributed by atoms with van der Waals surface area (Å²) in [4.78, 5) is 13.4. The van der Waals surface area contributed by atoms with Crippen LogP contribution in [0.2, 0.25) is 0 Å². The Morgan fingerprint density at radius 1 is 1.00 bits per heavy atom. The maximum Gasteiger partial charge on any atom is 0.240 e. The number of benzene rings is 2. The molecule has 1 saturated heterocycles. The number of hydrogen-bond donors (Lipinski definition) is 3. The molecule has 2 aliphatic rings. The molecule has 0 radical (unpaired) electrons. The fraction of sp³-hybridized carbons (Fsp3) is 0.519. The van der Waals surface area contributed by atoms with Crippen LogP contribution in [0.1, 0.15) is 55.6 Å². The average molecular weight is 484 g/mol. The molecule has 0 spiro atoms. The molecule has 3 N–H and O–H groups in total. The van der Waals surface area contributed by atoms with Crippen LogP contribution in [-0.2, 0) is 14.8 Å². The monoisotopic (exact) mass is 483 g/mol. The van der Waals surface area contributed by atoms with E-state index in [-0.39, 0.29) is 22.8 Å². The number of rotatable bonds is 8. The highest BCUT2D eigenvalue weighted by atomic mass is 32.2. The van der Waals surface area contributed by atoms with E-state index >= 15 is 0 Å². The fourth-order valence-electron chi connectivity index (χ4n) is 5.38. The Bertz CT molecular complexity index is 1030. The minimum atomic E-state index is -3.62. The van der Waals surface area contributed by atoms with Crippen LogP contribution >= 0.6 is 0 Å². The van der Waals surface area contributed by atoms with Crippen molar-refractivity contribution in [1.82, 2.24) is 15.4 Å². The Morgan fingerprint density at radius 2 is 1.71 bits per heavy atom. The molecular formula is C27H37N3O3S. The maximum atomic E-state index is 13.1. The van der Waals surface area contributed by atoms with Crippen LogP contribution in [0.3, 0.4) is 0 Å². The lowest BCUT2D eigenvalue weighted by Gasteiger charge is -2.33. The predicted molar refractivity (Wildman–Crippen MR) is 135 cm³/mol. The van der Waals surface area contributed by atoms with Gasteiger partial charge in [-0.05, 0) is 49.8 Å². The van der Waals surface area contributed by atoms with E-state index in [1.54, 1.807) is 24.3 Å². The van der Waals surface area contributed by atoms with Gasteiger partial charge in [-0.15, -0.1) is 0 Å². The van der Waals surface area contributed by atoms with E-state index in [1.165, 1.54) is 37.7 Å². The standard InChI is InChI=1S/C27H37N3O3S/c1-20-12-14-25(15-13-20)34(32,33)30-24-16-23(17-28-18-24)27(31)29-19-26(21-8-4-2-5-9-21)22-10-6-3-7-11-22/h2,4-5,8-9,12-15,22-24,26,28,30H,3,6-7,10-11,16-19H2,1H3,(H,29,31)/t23-,24-,26?/m0/s1. The summed E-state index contributed by atoms with van der Waals surface area (Å²) in [5, 5.41) is 6.46. The topological polar surface area (TPSA) is 87.3 Å². The van der Waals surface area contributed by atoms with Crippen LogP contribution in [0.4, 0.5) is 0 Å². The van der Waals surface area contributed by atoms with E-state index in [1.807, 2.05) is 13.0 Å². The Hall–Kier alpha value is -2.22. The van der Waals surface area contributed by atoms with Gasteiger partial charge in [0.05, 0.1) is 10.8 Å². The zero-order valence-electron chi connectivity index (χ0n) is 20.0. The van der Waals surface area contributed by atoms with Crippen LogP contribution in [0.15, 0.2) is 59.5 Å². The van der Waals surface area contributed by atoms with E-state index in [4.69, 9.17) is 0 Å². The Labute approximate surface area is 204 Å². The van der Waals surface area contributed by atoms with Crippen LogP contribution in [-0.4, -0.2) is 40.0 Å². The number of aryl methyl sites for hydroxylation is 1. The molecule has 1 amide bonds. The van der Waals surface area contributed by atoms with Crippen LogP contribution in [0, 0.1) is 18.8 Å². The van der Waals surface area contributed by atoms with Crippen molar-refractivity contribution in [1.29, 1.82) is 0 Å². The molecule has 0 aromatic heterocycles. The number of carbonyl (C=O) groups is 1. The minimum absolute atomic E-state index is 0.00322. The first-order valence-corrected chi connectivity index (χ1v) is 14.0. The third kappa shape index (κ3) is 6.46. The summed E-state index contributed by atoms with van der Waals surface area (Å²) in [5.41, 5.74) is 2.30. The number of amides is 1. The van der Waals surface area contributed by atoms with Crippen LogP contribution in [0.25, 0.3) is 0 Å². The molecule has 6 nitrogen and oxygen atoms in total. The molecule has 34 heavy (non-hydrogen) atoms. The molecule has 0 bridgehead atoms. The summed E-state index contributed by atoms with van der Waals surface area (Å²) >= 11 is 0. The van der Waals surface area contributed by atoms with Gasteiger partial charge in [-0.3, -0.25) is 4.79 Å². The molecule has 2 fully saturated rings. The molecule has 184 valence electrons. The van der Waals surface area contributed by atoms with Gasteiger partial charge in [-0.1, -0.05) is 67.3 Å². The highest BCUT2D eigenvalue weighted by molar-refractivity contribution is 7.89. The van der Waals surface area contributed by atoms with Gasteiger partial charge in [-0.25, -0.2) is 13.1 Å². The minimum Gasteiger partial charge on any atom is -0.355 e. The van der Waals surface area contributed by atoms with Gasteiger partial charge in [0.25, 0.3) is 0 Å². The summed E-state index contributed by atoms with van der Waals surface area (Å²) in [7, 11) is -3.62. The molecule has 7 heteroatoms. The molecular weight excluding hydrogens is 446 g/mol. The second kappa shape index (κ2) is 11.5. The highest BCUT2D eigenvalue weighted by Gasteiger charge is 2.31. The van der Waals surface area contributed by atoms with Gasteiger partial charge in [0, 0.05) is 31.6 Å². The van der Waals surface area contributed by atoms with Crippen molar-refractivity contribution in [3.8, 4) is 0 Å². The van der Waals surface area contributed by atoms with Crippen molar-refractivity contribution in [3.63, 3.8) is 0 Å². The molecule has 1 unspecified atom stereocenters. The third-order valence-corrected chi connectivity index (χ3v) is 8.85. The van der Waals surface area contributed by atoms with Gasteiger partial charge < -0.3 is 10.6 Å². The molecule has 1 aliphatic carbocycles. The van der Waals surface area contributed by atoms with E-state index in [2.05, 4.69) is 39.6 Å². The van der Waals surface area contributed by atoms with Crippen molar-refractivity contribution in [3.05, 3.63) is 65.7 Å². The van der Waals surface area contributed by atoms with Gasteiger partial charge in [0.1, 0.15) is 0 Å². The Kier molecular flexibility index (Phi) is 8.40. The van der Waals surface area contributed by atoms with Gasteiger partial charge in [0.15, 0.2) is 0 Å².